The van der Waals surface area contributed by atoms with E-state index in [9.17, 15) is 18.3 Å². The van der Waals surface area contributed by atoms with E-state index in [2.05, 4.69) is 9.64 Å². The molecule has 0 radical (unpaired) electrons. The van der Waals surface area contributed by atoms with E-state index in [1.165, 1.54) is 18.2 Å². The number of rotatable bonds is 3. The molecule has 6 heteroatoms. The van der Waals surface area contributed by atoms with Crippen LogP contribution in [0.4, 0.5) is 13.2 Å². The topological polar surface area (TPSA) is 32.7 Å². The number of benzene rings is 1. The zero-order chi connectivity index (χ0) is 14.8. The molecule has 112 valence electrons. The lowest BCUT2D eigenvalue weighted by atomic mass is 9.84. The minimum atomic E-state index is -4.72. The second-order valence-corrected chi connectivity index (χ2v) is 5.04. The summed E-state index contributed by atoms with van der Waals surface area (Å²) in [4.78, 5) is 2.20. The molecule has 0 amide bonds. The molecule has 0 bridgehead atoms. The summed E-state index contributed by atoms with van der Waals surface area (Å²) >= 11 is 0. The van der Waals surface area contributed by atoms with Crippen molar-refractivity contribution in [3.63, 3.8) is 0 Å². The number of alkyl halides is 3. The third kappa shape index (κ3) is 3.64. The zero-order valence-corrected chi connectivity index (χ0v) is 11.3. The van der Waals surface area contributed by atoms with Gasteiger partial charge in [0.1, 0.15) is 5.75 Å². The van der Waals surface area contributed by atoms with Gasteiger partial charge in [-0.15, -0.1) is 13.2 Å². The third-order valence-corrected chi connectivity index (χ3v) is 3.74. The van der Waals surface area contributed by atoms with Crippen molar-refractivity contribution in [1.82, 2.24) is 4.90 Å². The van der Waals surface area contributed by atoms with Crippen LogP contribution in [-0.2, 0) is 5.60 Å². The van der Waals surface area contributed by atoms with Crippen molar-refractivity contribution in [2.24, 2.45) is 0 Å². The Labute approximate surface area is 116 Å². The van der Waals surface area contributed by atoms with Gasteiger partial charge in [-0.1, -0.05) is 19.1 Å². The van der Waals surface area contributed by atoms with E-state index < -0.39 is 12.0 Å². The Bertz CT molecular complexity index is 454. The molecule has 1 heterocycles. The predicted molar refractivity (Wildman–Crippen MR) is 68.4 cm³/mol. The summed E-state index contributed by atoms with van der Waals surface area (Å²) in [5, 5.41) is 10.6. The number of piperidine rings is 1. The summed E-state index contributed by atoms with van der Waals surface area (Å²) in [7, 11) is 0. The molecule has 0 spiro atoms. The Morgan fingerprint density at radius 2 is 1.95 bits per heavy atom. The number of aliphatic hydroxyl groups is 1. The second kappa shape index (κ2) is 5.61. The fourth-order valence-corrected chi connectivity index (χ4v) is 2.51. The van der Waals surface area contributed by atoms with Gasteiger partial charge in [-0.2, -0.15) is 0 Å². The van der Waals surface area contributed by atoms with Gasteiger partial charge in [-0.25, -0.2) is 0 Å². The highest BCUT2D eigenvalue weighted by Crippen LogP contribution is 2.35. The van der Waals surface area contributed by atoms with Crippen molar-refractivity contribution >= 4 is 0 Å². The molecular weight excluding hydrogens is 271 g/mol. The molecule has 0 aromatic heterocycles. The molecular formula is C14H18F3NO2. The lowest BCUT2D eigenvalue weighted by Gasteiger charge is -2.38. The smallest absolute Gasteiger partial charge is 0.406 e. The molecule has 1 aromatic rings. The number of hydrogen-bond acceptors (Lipinski definition) is 3. The Morgan fingerprint density at radius 1 is 1.30 bits per heavy atom. The van der Waals surface area contributed by atoms with E-state index in [1.54, 1.807) is 6.07 Å². The minimum absolute atomic E-state index is 0.290. The zero-order valence-electron chi connectivity index (χ0n) is 11.3. The van der Waals surface area contributed by atoms with Crippen molar-refractivity contribution in [3.05, 3.63) is 29.8 Å². The summed E-state index contributed by atoms with van der Waals surface area (Å²) in [6.07, 6.45) is -3.70. The highest BCUT2D eigenvalue weighted by molar-refractivity contribution is 5.33. The van der Waals surface area contributed by atoms with Crippen LogP contribution in [0.15, 0.2) is 24.3 Å². The molecule has 0 saturated carbocycles. The molecule has 0 unspecified atom stereocenters. The van der Waals surface area contributed by atoms with Crippen LogP contribution in [0.1, 0.15) is 25.3 Å². The van der Waals surface area contributed by atoms with Gasteiger partial charge in [0, 0.05) is 13.1 Å². The number of hydrogen-bond donors (Lipinski definition) is 1. The van der Waals surface area contributed by atoms with Crippen LogP contribution < -0.4 is 4.74 Å². The SMILES string of the molecule is CCN1CCC(O)(c2cccc(OC(F)(F)F)c2)CC1. The Morgan fingerprint density at radius 3 is 2.50 bits per heavy atom. The molecule has 2 rings (SSSR count). The van der Waals surface area contributed by atoms with Crippen molar-refractivity contribution in [2.75, 3.05) is 19.6 Å². The second-order valence-electron chi connectivity index (χ2n) is 5.04. The molecule has 1 aliphatic heterocycles. The maximum absolute atomic E-state index is 12.2. The first-order chi connectivity index (χ1) is 9.32. The fourth-order valence-electron chi connectivity index (χ4n) is 2.51. The Balaban J connectivity index is 2.14. The number of nitrogens with zero attached hydrogens (tertiary/aromatic N) is 1. The number of halogens is 3. The van der Waals surface area contributed by atoms with Crippen LogP contribution >= 0.6 is 0 Å². The van der Waals surface area contributed by atoms with Crippen molar-refractivity contribution in [1.29, 1.82) is 0 Å². The Kier molecular flexibility index (Phi) is 4.25. The average Bonchev–Trinajstić information content (AvgIpc) is 2.38. The largest absolute Gasteiger partial charge is 0.573 e. The Hall–Kier alpha value is -1.27. The van der Waals surface area contributed by atoms with E-state index in [0.717, 1.165) is 19.6 Å². The van der Waals surface area contributed by atoms with Crippen LogP contribution in [0.2, 0.25) is 0 Å². The quantitative estimate of drug-likeness (QED) is 0.928. The highest BCUT2D eigenvalue weighted by atomic mass is 19.4. The van der Waals surface area contributed by atoms with Crippen LogP contribution in [0.3, 0.4) is 0 Å². The lowest BCUT2D eigenvalue weighted by molar-refractivity contribution is -0.274. The third-order valence-electron chi connectivity index (χ3n) is 3.74. The van der Waals surface area contributed by atoms with Crippen molar-refractivity contribution in [2.45, 2.75) is 31.7 Å². The standard InChI is InChI=1S/C14H18F3NO2/c1-2-18-8-6-13(19,7-9-18)11-4-3-5-12(10-11)20-14(15,16)17/h3-5,10,19H,2,6-9H2,1H3. The summed E-state index contributed by atoms with van der Waals surface area (Å²) in [6, 6.07) is 5.63. The van der Waals surface area contributed by atoms with Gasteiger partial charge in [0.2, 0.25) is 0 Å². The lowest BCUT2D eigenvalue weighted by Crippen LogP contribution is -2.42. The fraction of sp³-hybridized carbons (Fsp3) is 0.571. The van der Waals surface area contributed by atoms with E-state index >= 15 is 0 Å². The summed E-state index contributed by atoms with van der Waals surface area (Å²) in [5.41, 5.74) is -0.591. The summed E-state index contributed by atoms with van der Waals surface area (Å²) in [6.45, 7) is 4.42. The summed E-state index contributed by atoms with van der Waals surface area (Å²) in [5.74, 6) is -0.290. The van der Waals surface area contributed by atoms with Gasteiger partial charge in [-0.3, -0.25) is 0 Å². The highest BCUT2D eigenvalue weighted by Gasteiger charge is 2.35. The van der Waals surface area contributed by atoms with Crippen molar-refractivity contribution in [3.8, 4) is 5.75 Å². The minimum Gasteiger partial charge on any atom is -0.406 e. The molecule has 1 saturated heterocycles. The maximum atomic E-state index is 12.2. The molecule has 1 fully saturated rings. The van der Waals surface area contributed by atoms with E-state index in [0.29, 0.717) is 18.4 Å². The molecule has 1 aliphatic rings. The van der Waals surface area contributed by atoms with Gasteiger partial charge >= 0.3 is 6.36 Å². The van der Waals surface area contributed by atoms with E-state index in [-0.39, 0.29) is 5.75 Å². The van der Waals surface area contributed by atoms with E-state index in [4.69, 9.17) is 0 Å². The van der Waals surface area contributed by atoms with Crippen molar-refractivity contribution < 1.29 is 23.0 Å². The number of likely N-dealkylation sites (tertiary alicyclic amines) is 1. The first kappa shape index (κ1) is 15.1. The van der Waals surface area contributed by atoms with Gasteiger partial charge in [0.25, 0.3) is 0 Å². The van der Waals surface area contributed by atoms with E-state index in [1.807, 2.05) is 6.92 Å². The molecule has 20 heavy (non-hydrogen) atoms. The van der Waals surface area contributed by atoms with Gasteiger partial charge in [0.05, 0.1) is 5.60 Å². The van der Waals surface area contributed by atoms with Crippen LogP contribution in [-0.4, -0.2) is 36.0 Å². The van der Waals surface area contributed by atoms with Gasteiger partial charge < -0.3 is 14.7 Å². The van der Waals surface area contributed by atoms with Crippen LogP contribution in [0.5, 0.6) is 5.75 Å². The predicted octanol–water partition coefficient (Wildman–Crippen LogP) is 2.89. The molecule has 1 aromatic carbocycles. The monoisotopic (exact) mass is 289 g/mol. The normalized spacial score (nSPS) is 19.9. The average molecular weight is 289 g/mol. The van der Waals surface area contributed by atoms with Gasteiger partial charge in [-0.05, 0) is 37.1 Å². The first-order valence-electron chi connectivity index (χ1n) is 6.63. The maximum Gasteiger partial charge on any atom is 0.573 e. The van der Waals surface area contributed by atoms with Gasteiger partial charge in [0.15, 0.2) is 0 Å². The molecule has 0 atom stereocenters. The van der Waals surface area contributed by atoms with Crippen LogP contribution in [0.25, 0.3) is 0 Å². The number of ether oxygens (including phenoxy) is 1. The molecule has 1 N–H and O–H groups in total. The molecule has 3 nitrogen and oxygen atoms in total. The summed E-state index contributed by atoms with van der Waals surface area (Å²) < 4.78 is 40.5. The first-order valence-corrected chi connectivity index (χ1v) is 6.63. The van der Waals surface area contributed by atoms with Crippen LogP contribution in [0, 0.1) is 0 Å². The molecule has 0 aliphatic carbocycles.